The number of hydrogen-bond donors (Lipinski definition) is 2. The van der Waals surface area contributed by atoms with Gasteiger partial charge in [-0.05, 0) is 51.1 Å². The Kier molecular flexibility index (Phi) is 5.07. The highest BCUT2D eigenvalue weighted by Crippen LogP contribution is 2.39. The third-order valence-electron chi connectivity index (χ3n) is 3.53. The lowest BCUT2D eigenvalue weighted by molar-refractivity contribution is 0.102. The van der Waals surface area contributed by atoms with Gasteiger partial charge in [-0.1, -0.05) is 17.7 Å². The molecule has 0 bridgehead atoms. The highest BCUT2D eigenvalue weighted by molar-refractivity contribution is 7.89. The van der Waals surface area contributed by atoms with Crippen LogP contribution in [0.25, 0.3) is 0 Å². The molecule has 3 rings (SSSR count). The van der Waals surface area contributed by atoms with E-state index in [4.69, 9.17) is 21.1 Å². The number of halogens is 1. The summed E-state index contributed by atoms with van der Waals surface area (Å²) in [7, 11) is -3.71. The number of carbonyl (C=O) groups excluding carboxylic acids is 1. The fraction of sp³-hybridized carbons (Fsp3) is 0.278. The molecule has 0 aromatic heterocycles. The smallest absolute Gasteiger partial charge is 0.255 e. The van der Waals surface area contributed by atoms with E-state index in [-0.39, 0.29) is 22.3 Å². The van der Waals surface area contributed by atoms with E-state index in [9.17, 15) is 13.2 Å². The van der Waals surface area contributed by atoms with Crippen LogP contribution in [0.4, 0.5) is 5.69 Å². The van der Waals surface area contributed by atoms with Gasteiger partial charge >= 0.3 is 0 Å². The minimum absolute atomic E-state index is 0.0425. The maximum Gasteiger partial charge on any atom is 0.255 e. The van der Waals surface area contributed by atoms with Crippen LogP contribution in [-0.4, -0.2) is 26.7 Å². The number of nitrogens with one attached hydrogen (secondary N) is 2. The van der Waals surface area contributed by atoms with Gasteiger partial charge < -0.3 is 14.8 Å². The van der Waals surface area contributed by atoms with Gasteiger partial charge in [-0.15, -0.1) is 0 Å². The first-order valence-corrected chi connectivity index (χ1v) is 9.96. The topological polar surface area (TPSA) is 93.7 Å². The van der Waals surface area contributed by atoms with Crippen LogP contribution in [0.2, 0.25) is 5.02 Å². The van der Waals surface area contributed by atoms with Gasteiger partial charge in [0.05, 0.1) is 9.92 Å². The Morgan fingerprint density at radius 3 is 2.59 bits per heavy atom. The summed E-state index contributed by atoms with van der Waals surface area (Å²) in [5.74, 6) is 0.335. The molecule has 144 valence electrons. The Balaban J connectivity index is 1.83. The first kappa shape index (κ1) is 19.5. The van der Waals surface area contributed by atoms with Crippen molar-refractivity contribution in [3.05, 3.63) is 47.0 Å². The maximum absolute atomic E-state index is 12.5. The number of rotatable bonds is 4. The first-order chi connectivity index (χ1) is 12.5. The summed E-state index contributed by atoms with van der Waals surface area (Å²) in [6, 6.07) is 8.99. The van der Waals surface area contributed by atoms with Gasteiger partial charge in [0.2, 0.25) is 16.8 Å². The zero-order valence-electron chi connectivity index (χ0n) is 15.0. The molecule has 2 aromatic rings. The first-order valence-electron chi connectivity index (χ1n) is 8.10. The molecule has 0 radical (unpaired) electrons. The molecule has 0 fully saturated rings. The largest absolute Gasteiger partial charge is 0.454 e. The molecule has 0 saturated carbocycles. The standard InChI is InChI=1S/C18H19ClN2O5S/c1-18(2,3)21-27(23,24)13-6-4-5-12(9-13)20-17(22)11-7-14(19)16-15(8-11)25-10-26-16/h4-9,21H,10H2,1-3H3,(H,20,22). The van der Waals surface area contributed by atoms with Crippen molar-refractivity contribution in [2.24, 2.45) is 0 Å². The van der Waals surface area contributed by atoms with Crippen molar-refractivity contribution in [3.8, 4) is 11.5 Å². The van der Waals surface area contributed by atoms with E-state index in [0.717, 1.165) is 0 Å². The number of amides is 1. The molecular formula is C18H19ClN2O5S. The van der Waals surface area contributed by atoms with E-state index in [1.54, 1.807) is 32.9 Å². The van der Waals surface area contributed by atoms with Gasteiger partial charge in [0.1, 0.15) is 0 Å². The molecule has 0 spiro atoms. The van der Waals surface area contributed by atoms with Gasteiger partial charge in [0.15, 0.2) is 11.5 Å². The summed E-state index contributed by atoms with van der Waals surface area (Å²) in [5.41, 5.74) is -0.0164. The van der Waals surface area contributed by atoms with Gasteiger partial charge in [-0.3, -0.25) is 4.79 Å². The van der Waals surface area contributed by atoms with Crippen LogP contribution in [0.3, 0.4) is 0 Å². The van der Waals surface area contributed by atoms with Crippen LogP contribution in [0.5, 0.6) is 11.5 Å². The zero-order valence-corrected chi connectivity index (χ0v) is 16.6. The Morgan fingerprint density at radius 2 is 1.89 bits per heavy atom. The highest BCUT2D eigenvalue weighted by atomic mass is 35.5. The lowest BCUT2D eigenvalue weighted by Crippen LogP contribution is -2.40. The van der Waals surface area contributed by atoms with Crippen molar-refractivity contribution in [1.29, 1.82) is 0 Å². The molecule has 0 saturated heterocycles. The van der Waals surface area contributed by atoms with Crippen LogP contribution in [0.1, 0.15) is 31.1 Å². The second-order valence-electron chi connectivity index (χ2n) is 7.03. The van der Waals surface area contributed by atoms with E-state index < -0.39 is 21.5 Å². The Morgan fingerprint density at radius 1 is 1.15 bits per heavy atom. The summed E-state index contributed by atoms with van der Waals surface area (Å²) in [6.07, 6.45) is 0. The van der Waals surface area contributed by atoms with Crippen molar-refractivity contribution in [2.45, 2.75) is 31.2 Å². The maximum atomic E-state index is 12.5. The summed E-state index contributed by atoms with van der Waals surface area (Å²) in [6.45, 7) is 5.29. The Labute approximate surface area is 162 Å². The van der Waals surface area contributed by atoms with E-state index >= 15 is 0 Å². The summed E-state index contributed by atoms with van der Waals surface area (Å²) >= 11 is 6.10. The number of fused-ring (bicyclic) bond motifs is 1. The van der Waals surface area contributed by atoms with Crippen molar-refractivity contribution in [3.63, 3.8) is 0 Å². The van der Waals surface area contributed by atoms with Gasteiger partial charge in [0, 0.05) is 16.8 Å². The number of hydrogen-bond acceptors (Lipinski definition) is 5. The molecule has 2 N–H and O–H groups in total. The number of carbonyl (C=O) groups is 1. The minimum atomic E-state index is -3.71. The molecular weight excluding hydrogens is 392 g/mol. The molecule has 0 unspecified atom stereocenters. The third kappa shape index (κ3) is 4.52. The fourth-order valence-electron chi connectivity index (χ4n) is 2.50. The molecule has 27 heavy (non-hydrogen) atoms. The quantitative estimate of drug-likeness (QED) is 0.805. The molecule has 9 heteroatoms. The fourth-order valence-corrected chi connectivity index (χ4v) is 4.23. The molecule has 1 heterocycles. The van der Waals surface area contributed by atoms with Crippen molar-refractivity contribution in [1.82, 2.24) is 4.72 Å². The van der Waals surface area contributed by atoms with Gasteiger partial charge in [0.25, 0.3) is 5.91 Å². The van der Waals surface area contributed by atoms with Crippen LogP contribution < -0.4 is 19.5 Å². The molecule has 2 aromatic carbocycles. The van der Waals surface area contributed by atoms with Gasteiger partial charge in [-0.2, -0.15) is 0 Å². The number of sulfonamides is 1. The third-order valence-corrected chi connectivity index (χ3v) is 5.57. The van der Waals surface area contributed by atoms with Crippen LogP contribution >= 0.6 is 11.6 Å². The highest BCUT2D eigenvalue weighted by Gasteiger charge is 2.23. The number of benzene rings is 2. The number of anilines is 1. The summed E-state index contributed by atoms with van der Waals surface area (Å²) < 4.78 is 38.0. The van der Waals surface area contributed by atoms with Crippen molar-refractivity contribution >= 4 is 33.2 Å². The Bertz CT molecular complexity index is 999. The normalized spacial score (nSPS) is 13.5. The summed E-state index contributed by atoms with van der Waals surface area (Å²) in [4.78, 5) is 12.6. The SMILES string of the molecule is CC(C)(C)NS(=O)(=O)c1cccc(NC(=O)c2cc(Cl)c3c(c2)OCO3)c1. The van der Waals surface area contributed by atoms with Gasteiger partial charge in [-0.25, -0.2) is 13.1 Å². The molecule has 0 atom stereocenters. The molecule has 0 aliphatic carbocycles. The zero-order chi connectivity index (χ0) is 19.8. The molecule has 1 aliphatic rings. The minimum Gasteiger partial charge on any atom is -0.454 e. The van der Waals surface area contributed by atoms with E-state index in [2.05, 4.69) is 10.0 Å². The van der Waals surface area contributed by atoms with Crippen LogP contribution in [0, 0.1) is 0 Å². The monoisotopic (exact) mass is 410 g/mol. The Hall–Kier alpha value is -2.29. The van der Waals surface area contributed by atoms with Crippen molar-refractivity contribution in [2.75, 3.05) is 12.1 Å². The van der Waals surface area contributed by atoms with E-state index in [1.807, 2.05) is 0 Å². The predicted molar refractivity (Wildman–Crippen MR) is 102 cm³/mol. The second-order valence-corrected chi connectivity index (χ2v) is 9.12. The summed E-state index contributed by atoms with van der Waals surface area (Å²) in [5, 5.41) is 2.93. The predicted octanol–water partition coefficient (Wildman–Crippen LogP) is 3.40. The van der Waals surface area contributed by atoms with E-state index in [1.165, 1.54) is 24.3 Å². The second kappa shape index (κ2) is 7.03. The molecule has 7 nitrogen and oxygen atoms in total. The lowest BCUT2D eigenvalue weighted by Gasteiger charge is -2.20. The molecule has 1 aliphatic heterocycles. The average molecular weight is 411 g/mol. The van der Waals surface area contributed by atoms with Crippen LogP contribution in [0.15, 0.2) is 41.3 Å². The lowest BCUT2D eigenvalue weighted by atomic mass is 10.1. The molecule has 1 amide bonds. The van der Waals surface area contributed by atoms with E-state index in [0.29, 0.717) is 17.2 Å². The number of ether oxygens (including phenoxy) is 2. The van der Waals surface area contributed by atoms with Crippen molar-refractivity contribution < 1.29 is 22.7 Å². The van der Waals surface area contributed by atoms with Crippen LogP contribution in [-0.2, 0) is 10.0 Å². The average Bonchev–Trinajstić information content (AvgIpc) is 3.02.